The zero-order chi connectivity index (χ0) is 16.8. The van der Waals surface area contributed by atoms with Crippen molar-refractivity contribution < 1.29 is 9.59 Å². The fourth-order valence-electron chi connectivity index (χ4n) is 3.06. The molecule has 0 heterocycles. The molecule has 126 valence electrons. The largest absolute Gasteiger partial charge is 0.353 e. The van der Waals surface area contributed by atoms with Crippen molar-refractivity contribution in [3.05, 3.63) is 34.3 Å². The number of hydrogen-bond acceptors (Lipinski definition) is 2. The van der Waals surface area contributed by atoms with Crippen LogP contribution >= 0.6 is 15.9 Å². The van der Waals surface area contributed by atoms with Gasteiger partial charge in [0.2, 0.25) is 5.91 Å². The number of carbonyl (C=O) groups is 2. The Balaban J connectivity index is 1.72. The van der Waals surface area contributed by atoms with Gasteiger partial charge in [-0.1, -0.05) is 42.6 Å². The second kappa shape index (κ2) is 8.48. The third-order valence-electron chi connectivity index (χ3n) is 4.80. The number of rotatable bonds is 5. The summed E-state index contributed by atoms with van der Waals surface area (Å²) in [5, 5.41) is 5.92. The predicted octanol–water partition coefficient (Wildman–Crippen LogP) is 3.51. The summed E-state index contributed by atoms with van der Waals surface area (Å²) in [6.45, 7) is 4.82. The van der Waals surface area contributed by atoms with E-state index in [-0.39, 0.29) is 17.9 Å². The molecule has 2 rings (SSSR count). The summed E-state index contributed by atoms with van der Waals surface area (Å²) >= 11 is 3.34. The monoisotopic (exact) mass is 380 g/mol. The van der Waals surface area contributed by atoms with E-state index in [4.69, 9.17) is 0 Å². The molecule has 1 aliphatic rings. The summed E-state index contributed by atoms with van der Waals surface area (Å²) in [5.41, 5.74) is 0.600. The van der Waals surface area contributed by atoms with E-state index in [1.54, 1.807) is 12.1 Å². The van der Waals surface area contributed by atoms with Gasteiger partial charge >= 0.3 is 0 Å². The van der Waals surface area contributed by atoms with Crippen LogP contribution in [0.3, 0.4) is 0 Å². The Bertz CT molecular complexity index is 544. The molecule has 2 N–H and O–H groups in total. The van der Waals surface area contributed by atoms with Gasteiger partial charge in [-0.25, -0.2) is 0 Å². The topological polar surface area (TPSA) is 58.2 Å². The van der Waals surface area contributed by atoms with E-state index in [0.717, 1.165) is 10.9 Å². The van der Waals surface area contributed by atoms with Crippen LogP contribution < -0.4 is 10.6 Å². The smallest absolute Gasteiger partial charge is 0.251 e. The van der Waals surface area contributed by atoms with E-state index in [1.807, 2.05) is 12.1 Å². The van der Waals surface area contributed by atoms with Crippen molar-refractivity contribution in [3.8, 4) is 0 Å². The minimum Gasteiger partial charge on any atom is -0.353 e. The molecule has 1 aliphatic carbocycles. The summed E-state index contributed by atoms with van der Waals surface area (Å²) in [5.74, 6) is 1.05. The highest BCUT2D eigenvalue weighted by Gasteiger charge is 2.27. The van der Waals surface area contributed by atoms with Gasteiger partial charge in [-0.2, -0.15) is 0 Å². The molecule has 1 aromatic carbocycles. The summed E-state index contributed by atoms with van der Waals surface area (Å²) in [4.78, 5) is 24.0. The number of halogens is 1. The third kappa shape index (κ3) is 5.34. The van der Waals surface area contributed by atoms with Crippen LogP contribution in [0.5, 0.6) is 0 Å². The molecule has 0 aliphatic heterocycles. The molecule has 0 spiro atoms. The van der Waals surface area contributed by atoms with Crippen molar-refractivity contribution in [2.45, 2.75) is 45.6 Å². The molecule has 23 heavy (non-hydrogen) atoms. The van der Waals surface area contributed by atoms with Crippen LogP contribution in [-0.2, 0) is 4.79 Å². The second-order valence-electron chi connectivity index (χ2n) is 6.45. The van der Waals surface area contributed by atoms with E-state index in [9.17, 15) is 9.59 Å². The molecule has 2 amide bonds. The Morgan fingerprint density at radius 3 is 2.57 bits per heavy atom. The number of amides is 2. The SMILES string of the molecule is C[C@H]1[C@@H](NC(=O)CCNC(=O)c2ccc(Br)cc2)CCC[C@@H]1C. The molecule has 3 atom stereocenters. The Morgan fingerprint density at radius 2 is 1.87 bits per heavy atom. The second-order valence-corrected chi connectivity index (χ2v) is 7.37. The zero-order valence-corrected chi connectivity index (χ0v) is 15.4. The molecule has 4 nitrogen and oxygen atoms in total. The van der Waals surface area contributed by atoms with Gasteiger partial charge in [0.1, 0.15) is 0 Å². The Labute approximate surface area is 146 Å². The van der Waals surface area contributed by atoms with Crippen LogP contribution in [0.2, 0.25) is 0 Å². The highest BCUT2D eigenvalue weighted by Crippen LogP contribution is 2.29. The van der Waals surface area contributed by atoms with Gasteiger partial charge in [-0.15, -0.1) is 0 Å². The maximum absolute atomic E-state index is 12.1. The lowest BCUT2D eigenvalue weighted by molar-refractivity contribution is -0.122. The summed E-state index contributed by atoms with van der Waals surface area (Å²) in [7, 11) is 0. The number of hydrogen-bond donors (Lipinski definition) is 2. The van der Waals surface area contributed by atoms with Crippen LogP contribution in [0.25, 0.3) is 0 Å². The summed E-state index contributed by atoms with van der Waals surface area (Å²) in [6.07, 6.45) is 3.80. The van der Waals surface area contributed by atoms with E-state index >= 15 is 0 Å². The molecule has 0 unspecified atom stereocenters. The van der Waals surface area contributed by atoms with Gasteiger partial charge in [-0.3, -0.25) is 9.59 Å². The van der Waals surface area contributed by atoms with Crippen molar-refractivity contribution >= 4 is 27.7 Å². The molecule has 0 saturated heterocycles. The standard InChI is InChI=1S/C18H25BrN2O2/c1-12-4-3-5-16(13(12)2)21-17(22)10-11-20-18(23)14-6-8-15(19)9-7-14/h6-9,12-13,16H,3-5,10-11H2,1-2H3,(H,20,23)(H,21,22)/t12-,13+,16-/m0/s1. The first-order valence-electron chi connectivity index (χ1n) is 8.30. The Hall–Kier alpha value is -1.36. The van der Waals surface area contributed by atoms with Crippen molar-refractivity contribution in [2.75, 3.05) is 6.54 Å². The first kappa shape index (κ1) is 18.0. The van der Waals surface area contributed by atoms with Gasteiger partial charge < -0.3 is 10.6 Å². The minimum atomic E-state index is -0.148. The first-order valence-corrected chi connectivity index (χ1v) is 9.10. The first-order chi connectivity index (χ1) is 11.0. The molecular weight excluding hydrogens is 356 g/mol. The van der Waals surface area contributed by atoms with E-state index in [0.29, 0.717) is 30.4 Å². The maximum atomic E-state index is 12.1. The zero-order valence-electron chi connectivity index (χ0n) is 13.8. The van der Waals surface area contributed by atoms with E-state index < -0.39 is 0 Å². The molecule has 1 fully saturated rings. The van der Waals surface area contributed by atoms with E-state index in [2.05, 4.69) is 40.4 Å². The van der Waals surface area contributed by atoms with Gasteiger partial charge in [0.25, 0.3) is 5.91 Å². The normalized spacial score (nSPS) is 24.0. The molecule has 0 bridgehead atoms. The number of benzene rings is 1. The highest BCUT2D eigenvalue weighted by molar-refractivity contribution is 9.10. The maximum Gasteiger partial charge on any atom is 0.251 e. The van der Waals surface area contributed by atoms with Gasteiger partial charge in [-0.05, 0) is 42.5 Å². The van der Waals surface area contributed by atoms with Crippen molar-refractivity contribution in [3.63, 3.8) is 0 Å². The highest BCUT2D eigenvalue weighted by atomic mass is 79.9. The quantitative estimate of drug-likeness (QED) is 0.820. The fraction of sp³-hybridized carbons (Fsp3) is 0.556. The fourth-order valence-corrected chi connectivity index (χ4v) is 3.32. The average molecular weight is 381 g/mol. The van der Waals surface area contributed by atoms with Crippen molar-refractivity contribution in [2.24, 2.45) is 11.8 Å². The van der Waals surface area contributed by atoms with Crippen LogP contribution in [0, 0.1) is 11.8 Å². The molecule has 5 heteroatoms. The van der Waals surface area contributed by atoms with Gasteiger partial charge in [0.05, 0.1) is 0 Å². The lowest BCUT2D eigenvalue weighted by atomic mass is 9.78. The summed E-state index contributed by atoms with van der Waals surface area (Å²) in [6, 6.07) is 7.43. The number of nitrogens with one attached hydrogen (secondary N) is 2. The van der Waals surface area contributed by atoms with Crippen molar-refractivity contribution in [1.82, 2.24) is 10.6 Å². The van der Waals surface area contributed by atoms with E-state index in [1.165, 1.54) is 12.8 Å². The van der Waals surface area contributed by atoms with Crippen LogP contribution in [0.1, 0.15) is 49.9 Å². The molecule has 0 aromatic heterocycles. The van der Waals surface area contributed by atoms with Gasteiger partial charge in [0, 0.05) is 29.0 Å². The summed E-state index contributed by atoms with van der Waals surface area (Å²) < 4.78 is 0.934. The Kier molecular flexibility index (Phi) is 6.63. The molecule has 0 radical (unpaired) electrons. The van der Waals surface area contributed by atoms with Crippen LogP contribution in [0.4, 0.5) is 0 Å². The molecular formula is C18H25BrN2O2. The van der Waals surface area contributed by atoms with Crippen LogP contribution in [0.15, 0.2) is 28.7 Å². The Morgan fingerprint density at radius 1 is 1.17 bits per heavy atom. The lowest BCUT2D eigenvalue weighted by Crippen LogP contribution is -2.44. The van der Waals surface area contributed by atoms with Crippen LogP contribution in [-0.4, -0.2) is 24.4 Å². The minimum absolute atomic E-state index is 0.0204. The molecule has 1 aromatic rings. The van der Waals surface area contributed by atoms with Crippen molar-refractivity contribution in [1.29, 1.82) is 0 Å². The number of carbonyl (C=O) groups excluding carboxylic acids is 2. The average Bonchev–Trinajstić information content (AvgIpc) is 2.52. The molecule has 1 saturated carbocycles. The van der Waals surface area contributed by atoms with Gasteiger partial charge in [0.15, 0.2) is 0 Å². The third-order valence-corrected chi connectivity index (χ3v) is 5.33. The predicted molar refractivity (Wildman–Crippen MR) is 95.2 cm³/mol. The lowest BCUT2D eigenvalue weighted by Gasteiger charge is -2.34.